The van der Waals surface area contributed by atoms with Crippen molar-refractivity contribution in [3.63, 3.8) is 0 Å². The second-order valence-electron chi connectivity index (χ2n) is 5.17. The molecule has 0 aliphatic heterocycles. The number of halogens is 2. The van der Waals surface area contributed by atoms with Gasteiger partial charge in [-0.3, -0.25) is 4.79 Å². The minimum absolute atomic E-state index is 0.0891. The maximum Gasteiger partial charge on any atom is 0.259 e. The van der Waals surface area contributed by atoms with Crippen LogP contribution in [0.4, 0.5) is 5.69 Å². The van der Waals surface area contributed by atoms with Crippen molar-refractivity contribution < 1.29 is 14.6 Å². The molecule has 0 bridgehead atoms. The van der Waals surface area contributed by atoms with Gasteiger partial charge < -0.3 is 15.2 Å². The zero-order valence-corrected chi connectivity index (χ0v) is 14.4. The number of para-hydroxylation sites is 1. The number of hydrogen-bond acceptors (Lipinski definition) is 3. The monoisotopic (exact) mass is 373 g/mol. The van der Waals surface area contributed by atoms with Crippen LogP contribution in [0.25, 0.3) is 0 Å². The summed E-state index contributed by atoms with van der Waals surface area (Å²) in [4.78, 5) is 12.2. The van der Waals surface area contributed by atoms with Gasteiger partial charge >= 0.3 is 0 Å². The first-order valence-electron chi connectivity index (χ1n) is 7.35. The number of anilines is 1. The number of phenolic OH excluding ortho intramolecular Hbond substituents is 1. The standard InChI is InChI=1S/C19H13Cl2NO3/c20-12-5-8-14(9-6-12)25-18-10-7-13(11-16(18)21)22-19(24)15-3-1-2-4-17(15)23/h1-11,23H,(H,22,24). The maximum atomic E-state index is 12.2. The number of benzene rings is 3. The van der Waals surface area contributed by atoms with Gasteiger partial charge in [-0.25, -0.2) is 0 Å². The maximum absolute atomic E-state index is 12.2. The van der Waals surface area contributed by atoms with Crippen LogP contribution in [0.2, 0.25) is 10.0 Å². The summed E-state index contributed by atoms with van der Waals surface area (Å²) in [5.41, 5.74) is 0.668. The first kappa shape index (κ1) is 17.1. The largest absolute Gasteiger partial charge is 0.507 e. The van der Waals surface area contributed by atoms with Crippen molar-refractivity contribution in [1.29, 1.82) is 0 Å². The molecule has 6 heteroatoms. The fourth-order valence-corrected chi connectivity index (χ4v) is 2.50. The highest BCUT2D eigenvalue weighted by atomic mass is 35.5. The fourth-order valence-electron chi connectivity index (χ4n) is 2.16. The van der Waals surface area contributed by atoms with Crippen molar-refractivity contribution in [2.24, 2.45) is 0 Å². The van der Waals surface area contributed by atoms with E-state index in [2.05, 4.69) is 5.32 Å². The van der Waals surface area contributed by atoms with E-state index in [0.29, 0.717) is 27.2 Å². The Morgan fingerprint density at radius 3 is 2.36 bits per heavy atom. The Hall–Kier alpha value is -2.69. The molecule has 3 aromatic rings. The fraction of sp³-hybridized carbons (Fsp3) is 0. The quantitative estimate of drug-likeness (QED) is 0.612. The van der Waals surface area contributed by atoms with Crippen LogP contribution >= 0.6 is 23.2 Å². The van der Waals surface area contributed by atoms with Gasteiger partial charge in [0, 0.05) is 10.7 Å². The van der Waals surface area contributed by atoms with E-state index in [4.69, 9.17) is 27.9 Å². The lowest BCUT2D eigenvalue weighted by Crippen LogP contribution is -2.11. The molecular formula is C19H13Cl2NO3. The molecular weight excluding hydrogens is 361 g/mol. The Morgan fingerprint density at radius 1 is 0.960 bits per heavy atom. The number of carbonyl (C=O) groups is 1. The van der Waals surface area contributed by atoms with E-state index in [-0.39, 0.29) is 11.3 Å². The van der Waals surface area contributed by atoms with Gasteiger partial charge in [-0.2, -0.15) is 0 Å². The van der Waals surface area contributed by atoms with Crippen molar-refractivity contribution in [2.45, 2.75) is 0 Å². The average Bonchev–Trinajstić information content (AvgIpc) is 2.59. The molecule has 0 saturated carbocycles. The van der Waals surface area contributed by atoms with E-state index in [1.807, 2.05) is 0 Å². The van der Waals surface area contributed by atoms with Crippen LogP contribution in [0.3, 0.4) is 0 Å². The summed E-state index contributed by atoms with van der Waals surface area (Å²) >= 11 is 12.1. The van der Waals surface area contributed by atoms with Gasteiger partial charge in [-0.05, 0) is 54.6 Å². The third-order valence-electron chi connectivity index (χ3n) is 3.38. The number of phenols is 1. The Morgan fingerprint density at radius 2 is 1.68 bits per heavy atom. The summed E-state index contributed by atoms with van der Waals surface area (Å²) in [6, 6.07) is 18.1. The smallest absolute Gasteiger partial charge is 0.259 e. The molecule has 0 radical (unpaired) electrons. The van der Waals surface area contributed by atoms with Gasteiger partial charge in [0.1, 0.15) is 17.2 Å². The summed E-state index contributed by atoms with van der Waals surface area (Å²) in [5, 5.41) is 13.4. The van der Waals surface area contributed by atoms with Gasteiger partial charge in [-0.15, -0.1) is 0 Å². The van der Waals surface area contributed by atoms with E-state index < -0.39 is 5.91 Å². The number of ether oxygens (including phenoxy) is 1. The second kappa shape index (κ2) is 7.47. The van der Waals surface area contributed by atoms with Crippen LogP contribution in [0.5, 0.6) is 17.2 Å². The van der Waals surface area contributed by atoms with Crippen LogP contribution in [0, 0.1) is 0 Å². The molecule has 0 aliphatic carbocycles. The van der Waals surface area contributed by atoms with Crippen LogP contribution in [0.1, 0.15) is 10.4 Å². The molecule has 3 aromatic carbocycles. The van der Waals surface area contributed by atoms with E-state index in [0.717, 1.165) is 0 Å². The molecule has 0 saturated heterocycles. The zero-order chi connectivity index (χ0) is 17.8. The van der Waals surface area contributed by atoms with Crippen LogP contribution in [-0.2, 0) is 0 Å². The molecule has 0 unspecified atom stereocenters. The molecule has 0 fully saturated rings. The Kier molecular flexibility index (Phi) is 5.12. The number of nitrogens with one attached hydrogen (secondary N) is 1. The van der Waals surface area contributed by atoms with Gasteiger partial charge in [0.25, 0.3) is 5.91 Å². The van der Waals surface area contributed by atoms with Crippen molar-refractivity contribution in [3.8, 4) is 17.2 Å². The highest BCUT2D eigenvalue weighted by molar-refractivity contribution is 6.32. The third kappa shape index (κ3) is 4.24. The van der Waals surface area contributed by atoms with E-state index in [9.17, 15) is 9.90 Å². The molecule has 4 nitrogen and oxygen atoms in total. The van der Waals surface area contributed by atoms with Crippen molar-refractivity contribution in [2.75, 3.05) is 5.32 Å². The summed E-state index contributed by atoms with van der Waals surface area (Å²) < 4.78 is 5.68. The predicted octanol–water partition coefficient (Wildman–Crippen LogP) is 5.74. The summed E-state index contributed by atoms with van der Waals surface area (Å²) in [5.74, 6) is 0.524. The number of hydrogen-bond donors (Lipinski definition) is 2. The minimum Gasteiger partial charge on any atom is -0.507 e. The zero-order valence-electron chi connectivity index (χ0n) is 12.9. The molecule has 1 amide bonds. The Bertz CT molecular complexity index is 911. The SMILES string of the molecule is O=C(Nc1ccc(Oc2ccc(Cl)cc2)c(Cl)c1)c1ccccc1O. The number of rotatable bonds is 4. The van der Waals surface area contributed by atoms with Gasteiger partial charge in [0.05, 0.1) is 10.6 Å². The molecule has 25 heavy (non-hydrogen) atoms. The van der Waals surface area contributed by atoms with Crippen LogP contribution in [0.15, 0.2) is 66.7 Å². The van der Waals surface area contributed by atoms with Gasteiger partial charge in [0.2, 0.25) is 0 Å². The van der Waals surface area contributed by atoms with E-state index in [1.54, 1.807) is 54.6 Å². The van der Waals surface area contributed by atoms with E-state index >= 15 is 0 Å². The number of carbonyl (C=O) groups excluding carboxylic acids is 1. The molecule has 0 atom stereocenters. The van der Waals surface area contributed by atoms with Gasteiger partial charge in [-0.1, -0.05) is 35.3 Å². The predicted molar refractivity (Wildman–Crippen MR) is 99.0 cm³/mol. The topological polar surface area (TPSA) is 58.6 Å². The number of amides is 1. The molecule has 126 valence electrons. The minimum atomic E-state index is -0.430. The highest BCUT2D eigenvalue weighted by Crippen LogP contribution is 2.32. The van der Waals surface area contributed by atoms with E-state index in [1.165, 1.54) is 12.1 Å². The number of aromatic hydroxyl groups is 1. The first-order chi connectivity index (χ1) is 12.0. The average molecular weight is 374 g/mol. The molecule has 0 heterocycles. The summed E-state index contributed by atoms with van der Waals surface area (Å²) in [7, 11) is 0. The van der Waals surface area contributed by atoms with Gasteiger partial charge in [0.15, 0.2) is 0 Å². The Balaban J connectivity index is 1.74. The lowest BCUT2D eigenvalue weighted by atomic mass is 10.2. The third-order valence-corrected chi connectivity index (χ3v) is 3.93. The van der Waals surface area contributed by atoms with Crippen LogP contribution in [-0.4, -0.2) is 11.0 Å². The second-order valence-corrected chi connectivity index (χ2v) is 6.02. The van der Waals surface area contributed by atoms with Crippen molar-refractivity contribution in [1.82, 2.24) is 0 Å². The van der Waals surface area contributed by atoms with Crippen molar-refractivity contribution >= 4 is 34.8 Å². The van der Waals surface area contributed by atoms with Crippen molar-refractivity contribution in [3.05, 3.63) is 82.3 Å². The first-order valence-corrected chi connectivity index (χ1v) is 8.11. The molecule has 0 aliphatic rings. The lowest BCUT2D eigenvalue weighted by Gasteiger charge is -2.11. The molecule has 2 N–H and O–H groups in total. The molecule has 0 spiro atoms. The molecule has 0 aromatic heterocycles. The lowest BCUT2D eigenvalue weighted by molar-refractivity contribution is 0.102. The van der Waals surface area contributed by atoms with Crippen LogP contribution < -0.4 is 10.1 Å². The summed E-state index contributed by atoms with van der Waals surface area (Å²) in [6.45, 7) is 0. The Labute approximate surface area is 154 Å². The molecule has 3 rings (SSSR count). The summed E-state index contributed by atoms with van der Waals surface area (Å²) in [6.07, 6.45) is 0. The normalized spacial score (nSPS) is 10.3. The highest BCUT2D eigenvalue weighted by Gasteiger charge is 2.12.